The first-order chi connectivity index (χ1) is 11.1. The van der Waals surface area contributed by atoms with Gasteiger partial charge >= 0.3 is 0 Å². The molecule has 0 aromatic carbocycles. The van der Waals surface area contributed by atoms with Gasteiger partial charge in [-0.3, -0.25) is 0 Å². The van der Waals surface area contributed by atoms with Crippen LogP contribution in [0.3, 0.4) is 0 Å². The Labute approximate surface area is 144 Å². The summed E-state index contributed by atoms with van der Waals surface area (Å²) >= 11 is 1.74. The maximum Gasteiger partial charge on any atom is 0.191 e. The molecule has 1 fully saturated rings. The van der Waals surface area contributed by atoms with Crippen LogP contribution in [0, 0.1) is 19.8 Å². The summed E-state index contributed by atoms with van der Waals surface area (Å²) in [6.45, 7) is 11.3. The fourth-order valence-electron chi connectivity index (χ4n) is 2.96. The minimum atomic E-state index is 0.709. The molecule has 1 aliphatic rings. The van der Waals surface area contributed by atoms with Crippen LogP contribution in [0.25, 0.3) is 0 Å². The largest absolute Gasteiger partial charge is 0.357 e. The first-order valence-corrected chi connectivity index (χ1v) is 9.53. The van der Waals surface area contributed by atoms with Crippen molar-refractivity contribution in [1.82, 2.24) is 20.5 Å². The quantitative estimate of drug-likeness (QED) is 0.619. The van der Waals surface area contributed by atoms with E-state index in [1.165, 1.54) is 37.2 Å². The van der Waals surface area contributed by atoms with E-state index >= 15 is 0 Å². The molecule has 2 N–H and O–H groups in total. The summed E-state index contributed by atoms with van der Waals surface area (Å²) in [4.78, 5) is 12.9. The van der Waals surface area contributed by atoms with E-state index in [1.807, 2.05) is 0 Å². The van der Waals surface area contributed by atoms with Crippen molar-refractivity contribution in [3.8, 4) is 0 Å². The van der Waals surface area contributed by atoms with Crippen LogP contribution in [0.15, 0.2) is 4.99 Å². The lowest BCUT2D eigenvalue weighted by molar-refractivity contribution is 0.213. The Balaban J connectivity index is 1.78. The number of hydrogen-bond donors (Lipinski definition) is 2. The molecule has 0 atom stereocenters. The Morgan fingerprint density at radius 2 is 2.04 bits per heavy atom. The molecule has 0 bridgehead atoms. The zero-order valence-electron chi connectivity index (χ0n) is 15.0. The minimum absolute atomic E-state index is 0.709. The number of rotatable bonds is 6. The molecule has 23 heavy (non-hydrogen) atoms. The zero-order chi connectivity index (χ0) is 16.7. The van der Waals surface area contributed by atoms with Crippen LogP contribution in [0.2, 0.25) is 0 Å². The third-order valence-corrected chi connectivity index (χ3v) is 5.47. The highest BCUT2D eigenvalue weighted by molar-refractivity contribution is 7.11. The number of piperidine rings is 1. The molecular weight excluding hydrogens is 306 g/mol. The smallest absolute Gasteiger partial charge is 0.191 e. The summed E-state index contributed by atoms with van der Waals surface area (Å²) in [5.74, 6) is 1.78. The summed E-state index contributed by atoms with van der Waals surface area (Å²) in [6, 6.07) is 0. The average molecular weight is 338 g/mol. The van der Waals surface area contributed by atoms with Crippen molar-refractivity contribution in [2.45, 2.75) is 46.6 Å². The SMILES string of the molecule is CCNC(=NCc1sc(C)nc1C)NCCC1CCN(C)CC1. The van der Waals surface area contributed by atoms with E-state index < -0.39 is 0 Å². The van der Waals surface area contributed by atoms with Gasteiger partial charge < -0.3 is 15.5 Å². The van der Waals surface area contributed by atoms with Gasteiger partial charge in [-0.15, -0.1) is 11.3 Å². The monoisotopic (exact) mass is 337 g/mol. The Morgan fingerprint density at radius 1 is 1.30 bits per heavy atom. The van der Waals surface area contributed by atoms with Gasteiger partial charge in [0, 0.05) is 18.0 Å². The molecule has 2 heterocycles. The summed E-state index contributed by atoms with van der Waals surface area (Å²) in [5.41, 5.74) is 1.11. The molecule has 0 aliphatic carbocycles. The Kier molecular flexibility index (Phi) is 7.30. The van der Waals surface area contributed by atoms with Gasteiger partial charge in [-0.05, 0) is 66.1 Å². The van der Waals surface area contributed by atoms with Crippen molar-refractivity contribution in [1.29, 1.82) is 0 Å². The van der Waals surface area contributed by atoms with Gasteiger partial charge in [0.1, 0.15) is 0 Å². The summed E-state index contributed by atoms with van der Waals surface area (Å²) < 4.78 is 0. The molecular formula is C17H31N5S. The molecule has 1 saturated heterocycles. The lowest BCUT2D eigenvalue weighted by atomic mass is 9.94. The molecule has 1 aromatic rings. The lowest BCUT2D eigenvalue weighted by Gasteiger charge is -2.29. The van der Waals surface area contributed by atoms with Crippen molar-refractivity contribution in [2.75, 3.05) is 33.2 Å². The standard InChI is InChI=1S/C17H31N5S/c1-5-18-17(20-12-16-13(2)21-14(3)23-16)19-9-6-15-7-10-22(4)11-8-15/h15H,5-12H2,1-4H3,(H2,18,19,20). The Bertz CT molecular complexity index is 503. The second-order valence-electron chi connectivity index (χ2n) is 6.40. The van der Waals surface area contributed by atoms with E-state index in [0.29, 0.717) is 6.54 Å². The number of nitrogens with zero attached hydrogens (tertiary/aromatic N) is 3. The number of nitrogens with one attached hydrogen (secondary N) is 2. The van der Waals surface area contributed by atoms with Gasteiger partial charge in [-0.2, -0.15) is 0 Å². The fourth-order valence-corrected chi connectivity index (χ4v) is 3.82. The van der Waals surface area contributed by atoms with Crippen LogP contribution in [0.5, 0.6) is 0 Å². The molecule has 130 valence electrons. The highest BCUT2D eigenvalue weighted by Gasteiger charge is 2.16. The lowest BCUT2D eigenvalue weighted by Crippen LogP contribution is -2.39. The summed E-state index contributed by atoms with van der Waals surface area (Å²) in [6.07, 6.45) is 3.88. The zero-order valence-corrected chi connectivity index (χ0v) is 15.8. The number of aliphatic imine (C=N–C) groups is 1. The average Bonchev–Trinajstić information content (AvgIpc) is 2.84. The van der Waals surface area contributed by atoms with Crippen LogP contribution in [-0.2, 0) is 6.54 Å². The highest BCUT2D eigenvalue weighted by atomic mass is 32.1. The highest BCUT2D eigenvalue weighted by Crippen LogP contribution is 2.19. The van der Waals surface area contributed by atoms with Gasteiger partial charge in [0.05, 0.1) is 17.2 Å². The number of aromatic nitrogens is 1. The number of guanidine groups is 1. The van der Waals surface area contributed by atoms with E-state index in [2.05, 4.69) is 48.3 Å². The molecule has 1 aliphatic heterocycles. The van der Waals surface area contributed by atoms with Crippen LogP contribution in [0.4, 0.5) is 0 Å². The third kappa shape index (κ3) is 6.11. The number of hydrogen-bond acceptors (Lipinski definition) is 4. The van der Waals surface area contributed by atoms with Crippen LogP contribution in [0.1, 0.15) is 41.8 Å². The minimum Gasteiger partial charge on any atom is -0.357 e. The number of likely N-dealkylation sites (tertiary alicyclic amines) is 1. The molecule has 0 spiro atoms. The van der Waals surface area contributed by atoms with Gasteiger partial charge in [0.25, 0.3) is 0 Å². The van der Waals surface area contributed by atoms with Gasteiger partial charge in [0.15, 0.2) is 5.96 Å². The molecule has 0 unspecified atom stereocenters. The van der Waals surface area contributed by atoms with E-state index in [-0.39, 0.29) is 0 Å². The van der Waals surface area contributed by atoms with E-state index in [1.54, 1.807) is 11.3 Å². The molecule has 0 amide bonds. The second kappa shape index (κ2) is 9.23. The van der Waals surface area contributed by atoms with E-state index in [0.717, 1.165) is 35.7 Å². The maximum absolute atomic E-state index is 4.71. The molecule has 6 heteroatoms. The third-order valence-electron chi connectivity index (χ3n) is 4.41. The fraction of sp³-hybridized carbons (Fsp3) is 0.765. The Hall–Kier alpha value is -1.14. The number of thiazole rings is 1. The van der Waals surface area contributed by atoms with Crippen molar-refractivity contribution < 1.29 is 0 Å². The van der Waals surface area contributed by atoms with Gasteiger partial charge in [-0.25, -0.2) is 9.98 Å². The van der Waals surface area contributed by atoms with E-state index in [4.69, 9.17) is 4.99 Å². The normalized spacial score (nSPS) is 17.5. The topological polar surface area (TPSA) is 52.6 Å². The summed E-state index contributed by atoms with van der Waals surface area (Å²) in [7, 11) is 2.22. The predicted molar refractivity (Wildman–Crippen MR) is 99.2 cm³/mol. The second-order valence-corrected chi connectivity index (χ2v) is 7.69. The predicted octanol–water partition coefficient (Wildman–Crippen LogP) is 2.55. The first kappa shape index (κ1) is 18.2. The van der Waals surface area contributed by atoms with Crippen molar-refractivity contribution >= 4 is 17.3 Å². The molecule has 2 rings (SSSR count). The molecule has 0 saturated carbocycles. The van der Waals surface area contributed by atoms with Crippen molar-refractivity contribution in [2.24, 2.45) is 10.9 Å². The molecule has 1 aromatic heterocycles. The van der Waals surface area contributed by atoms with Gasteiger partial charge in [-0.1, -0.05) is 0 Å². The Morgan fingerprint density at radius 3 is 2.65 bits per heavy atom. The van der Waals surface area contributed by atoms with Crippen LogP contribution < -0.4 is 10.6 Å². The van der Waals surface area contributed by atoms with Crippen LogP contribution in [-0.4, -0.2) is 49.1 Å². The number of aryl methyl sites for hydroxylation is 2. The van der Waals surface area contributed by atoms with Crippen molar-refractivity contribution in [3.05, 3.63) is 15.6 Å². The van der Waals surface area contributed by atoms with Gasteiger partial charge in [0.2, 0.25) is 0 Å². The maximum atomic E-state index is 4.71. The summed E-state index contributed by atoms with van der Waals surface area (Å²) in [5, 5.41) is 7.94. The van der Waals surface area contributed by atoms with Crippen molar-refractivity contribution in [3.63, 3.8) is 0 Å². The first-order valence-electron chi connectivity index (χ1n) is 8.72. The molecule has 5 nitrogen and oxygen atoms in total. The molecule has 0 radical (unpaired) electrons. The van der Waals surface area contributed by atoms with Crippen LogP contribution >= 0.6 is 11.3 Å². The van der Waals surface area contributed by atoms with E-state index in [9.17, 15) is 0 Å².